The van der Waals surface area contributed by atoms with E-state index >= 15 is 0 Å². The number of hydrogen-bond donors (Lipinski definition) is 0. The van der Waals surface area contributed by atoms with Crippen molar-refractivity contribution in [2.24, 2.45) is 5.92 Å². The molecule has 2 aromatic carbocycles. The second-order valence-electron chi connectivity index (χ2n) is 5.51. The molecule has 1 aliphatic rings. The predicted octanol–water partition coefficient (Wildman–Crippen LogP) is 4.20. The monoisotopic (exact) mass is 266 g/mol. The molecule has 1 fully saturated rings. The number of ether oxygens (including phenoxy) is 1. The third-order valence-corrected chi connectivity index (χ3v) is 3.94. The van der Waals surface area contributed by atoms with E-state index in [1.54, 1.807) is 0 Å². The Morgan fingerprint density at radius 1 is 1.20 bits per heavy atom. The zero-order valence-electron chi connectivity index (χ0n) is 11.6. The van der Waals surface area contributed by atoms with Crippen LogP contribution in [0.4, 0.5) is 0 Å². The molecule has 1 saturated carbocycles. The lowest BCUT2D eigenvalue weighted by atomic mass is 10.1. The van der Waals surface area contributed by atoms with Gasteiger partial charge in [0.15, 0.2) is 6.29 Å². The van der Waals surface area contributed by atoms with Gasteiger partial charge < -0.3 is 4.74 Å². The summed E-state index contributed by atoms with van der Waals surface area (Å²) in [6.07, 6.45) is 2.11. The van der Waals surface area contributed by atoms with Crippen molar-refractivity contribution < 1.29 is 9.53 Å². The Kier molecular flexibility index (Phi) is 3.55. The first kappa shape index (κ1) is 12.9. The molecular formula is C18H18O2. The maximum absolute atomic E-state index is 11.2. The summed E-state index contributed by atoms with van der Waals surface area (Å²) in [5, 5.41) is 0. The molecule has 0 spiro atoms. The highest BCUT2D eigenvalue weighted by molar-refractivity contribution is 5.79. The minimum Gasteiger partial charge on any atom is -0.488 e. The molecule has 0 amide bonds. The quantitative estimate of drug-likeness (QED) is 0.758. The Labute approximate surface area is 119 Å². The van der Waals surface area contributed by atoms with E-state index in [1.807, 2.05) is 42.5 Å². The molecule has 0 aromatic heterocycles. The van der Waals surface area contributed by atoms with Crippen molar-refractivity contribution in [2.75, 3.05) is 0 Å². The van der Waals surface area contributed by atoms with Crippen molar-refractivity contribution >= 4 is 6.29 Å². The zero-order valence-corrected chi connectivity index (χ0v) is 11.6. The average molecular weight is 266 g/mol. The first-order valence-electron chi connectivity index (χ1n) is 7.04. The number of benzene rings is 2. The third-order valence-electron chi connectivity index (χ3n) is 3.94. The van der Waals surface area contributed by atoms with Crippen molar-refractivity contribution in [1.29, 1.82) is 0 Å². The molecule has 2 heteroatoms. The number of carbonyl (C=O) groups excluding carboxylic acids is 1. The summed E-state index contributed by atoms with van der Waals surface area (Å²) in [4.78, 5) is 11.2. The summed E-state index contributed by atoms with van der Waals surface area (Å²) in [5.41, 5.74) is 3.01. The molecule has 2 atom stereocenters. The Bertz CT molecular complexity index is 604. The van der Waals surface area contributed by atoms with E-state index in [1.165, 1.54) is 12.0 Å². The van der Waals surface area contributed by atoms with Gasteiger partial charge in [0.2, 0.25) is 0 Å². The van der Waals surface area contributed by atoms with Gasteiger partial charge in [-0.25, -0.2) is 0 Å². The van der Waals surface area contributed by atoms with Crippen LogP contribution in [0, 0.1) is 5.92 Å². The highest BCUT2D eigenvalue weighted by Gasteiger charge is 2.34. The normalized spacial score (nSPS) is 20.4. The van der Waals surface area contributed by atoms with E-state index < -0.39 is 0 Å². The fraction of sp³-hybridized carbons (Fsp3) is 0.278. The van der Waals surface area contributed by atoms with E-state index in [2.05, 4.69) is 13.0 Å². The summed E-state index contributed by atoms with van der Waals surface area (Å²) in [6.45, 7) is 2.73. The molecule has 2 unspecified atom stereocenters. The SMILES string of the molecule is CC1CC1c1ccc(OCc2ccccc2)c(C=O)c1. The number of rotatable bonds is 5. The molecule has 2 aromatic rings. The van der Waals surface area contributed by atoms with Gasteiger partial charge in [0, 0.05) is 0 Å². The lowest BCUT2D eigenvalue weighted by Crippen LogP contribution is -1.99. The molecule has 0 bridgehead atoms. The summed E-state index contributed by atoms with van der Waals surface area (Å²) >= 11 is 0. The summed E-state index contributed by atoms with van der Waals surface area (Å²) in [6, 6.07) is 16.0. The van der Waals surface area contributed by atoms with Gasteiger partial charge in [-0.1, -0.05) is 43.3 Å². The van der Waals surface area contributed by atoms with E-state index in [-0.39, 0.29) is 0 Å². The van der Waals surface area contributed by atoms with Crippen molar-refractivity contribution in [3.63, 3.8) is 0 Å². The van der Waals surface area contributed by atoms with Crippen LogP contribution in [0.15, 0.2) is 48.5 Å². The molecular weight excluding hydrogens is 248 g/mol. The predicted molar refractivity (Wildman–Crippen MR) is 79.1 cm³/mol. The number of hydrogen-bond acceptors (Lipinski definition) is 2. The maximum atomic E-state index is 11.2. The molecule has 3 rings (SSSR count). The first-order valence-corrected chi connectivity index (χ1v) is 7.04. The van der Waals surface area contributed by atoms with Crippen molar-refractivity contribution in [3.8, 4) is 5.75 Å². The van der Waals surface area contributed by atoms with Gasteiger partial charge in [0.25, 0.3) is 0 Å². The summed E-state index contributed by atoms with van der Waals surface area (Å²) in [7, 11) is 0. The Morgan fingerprint density at radius 2 is 1.95 bits per heavy atom. The van der Waals surface area contributed by atoms with Crippen LogP contribution in [0.2, 0.25) is 0 Å². The standard InChI is InChI=1S/C18H18O2/c1-13-9-17(13)15-7-8-18(16(10-15)11-19)20-12-14-5-3-2-4-6-14/h2-8,10-11,13,17H,9,12H2,1H3. The highest BCUT2D eigenvalue weighted by atomic mass is 16.5. The van der Waals surface area contributed by atoms with Crippen LogP contribution in [0.5, 0.6) is 5.75 Å². The van der Waals surface area contributed by atoms with E-state index in [0.717, 1.165) is 17.8 Å². The van der Waals surface area contributed by atoms with Crippen LogP contribution in [-0.4, -0.2) is 6.29 Å². The van der Waals surface area contributed by atoms with E-state index in [0.29, 0.717) is 23.8 Å². The topological polar surface area (TPSA) is 26.3 Å². The number of carbonyl (C=O) groups is 1. The number of aldehydes is 1. The van der Waals surface area contributed by atoms with Crippen LogP contribution in [-0.2, 0) is 6.61 Å². The lowest BCUT2D eigenvalue weighted by molar-refractivity contribution is 0.111. The van der Waals surface area contributed by atoms with Crippen molar-refractivity contribution in [2.45, 2.75) is 25.9 Å². The van der Waals surface area contributed by atoms with Crippen LogP contribution in [0.1, 0.15) is 40.7 Å². The molecule has 1 aliphatic carbocycles. The second kappa shape index (κ2) is 5.49. The maximum Gasteiger partial charge on any atom is 0.153 e. The minimum atomic E-state index is 0.487. The first-order chi connectivity index (χ1) is 9.78. The molecule has 0 saturated heterocycles. The third kappa shape index (κ3) is 2.74. The molecule has 20 heavy (non-hydrogen) atoms. The second-order valence-corrected chi connectivity index (χ2v) is 5.51. The largest absolute Gasteiger partial charge is 0.488 e. The summed E-state index contributed by atoms with van der Waals surface area (Å²) in [5.74, 6) is 2.03. The fourth-order valence-electron chi connectivity index (χ4n) is 2.54. The van der Waals surface area contributed by atoms with Gasteiger partial charge in [-0.05, 0) is 41.5 Å². The Balaban J connectivity index is 1.74. The van der Waals surface area contributed by atoms with Crippen LogP contribution >= 0.6 is 0 Å². The molecule has 0 radical (unpaired) electrons. The van der Waals surface area contributed by atoms with Gasteiger partial charge in [0.05, 0.1) is 5.56 Å². The van der Waals surface area contributed by atoms with Crippen LogP contribution < -0.4 is 4.74 Å². The lowest BCUT2D eigenvalue weighted by Gasteiger charge is -2.10. The van der Waals surface area contributed by atoms with Gasteiger partial charge >= 0.3 is 0 Å². The molecule has 0 N–H and O–H groups in total. The van der Waals surface area contributed by atoms with E-state index in [9.17, 15) is 4.79 Å². The molecule has 102 valence electrons. The Hall–Kier alpha value is -2.09. The van der Waals surface area contributed by atoms with Crippen LogP contribution in [0.3, 0.4) is 0 Å². The summed E-state index contributed by atoms with van der Waals surface area (Å²) < 4.78 is 5.76. The van der Waals surface area contributed by atoms with Gasteiger partial charge in [-0.2, -0.15) is 0 Å². The molecule has 0 aliphatic heterocycles. The molecule has 0 heterocycles. The van der Waals surface area contributed by atoms with Gasteiger partial charge in [0.1, 0.15) is 12.4 Å². The van der Waals surface area contributed by atoms with Gasteiger partial charge in [-0.15, -0.1) is 0 Å². The minimum absolute atomic E-state index is 0.487. The Morgan fingerprint density at radius 3 is 2.60 bits per heavy atom. The van der Waals surface area contributed by atoms with Gasteiger partial charge in [-0.3, -0.25) is 4.79 Å². The van der Waals surface area contributed by atoms with E-state index in [4.69, 9.17) is 4.74 Å². The highest BCUT2D eigenvalue weighted by Crippen LogP contribution is 2.47. The molecule has 2 nitrogen and oxygen atoms in total. The zero-order chi connectivity index (χ0) is 13.9. The van der Waals surface area contributed by atoms with Crippen molar-refractivity contribution in [3.05, 3.63) is 65.2 Å². The average Bonchev–Trinajstić information content (AvgIpc) is 3.23. The van der Waals surface area contributed by atoms with Crippen LogP contribution in [0.25, 0.3) is 0 Å². The smallest absolute Gasteiger partial charge is 0.153 e. The van der Waals surface area contributed by atoms with Crippen molar-refractivity contribution in [1.82, 2.24) is 0 Å². The fourth-order valence-corrected chi connectivity index (χ4v) is 2.54.